The predicted molar refractivity (Wildman–Crippen MR) is 81.7 cm³/mol. The summed E-state index contributed by atoms with van der Waals surface area (Å²) in [5, 5.41) is 0. The van der Waals surface area contributed by atoms with Gasteiger partial charge in [0.15, 0.2) is 0 Å². The van der Waals surface area contributed by atoms with Crippen LogP contribution in [0, 0.1) is 25.7 Å². The molecule has 1 saturated carbocycles. The van der Waals surface area contributed by atoms with Crippen LogP contribution >= 0.6 is 0 Å². The molecule has 2 atom stereocenters. The van der Waals surface area contributed by atoms with Gasteiger partial charge in [0.1, 0.15) is 6.10 Å². The Morgan fingerprint density at radius 1 is 1.15 bits per heavy atom. The average molecular weight is 275 g/mol. The number of nitrogens with two attached hydrogens (primary N) is 1. The Labute approximate surface area is 121 Å². The van der Waals surface area contributed by atoms with Crippen molar-refractivity contribution in [1.29, 1.82) is 0 Å². The number of carbonyl (C=O) groups is 1. The van der Waals surface area contributed by atoms with Gasteiger partial charge >= 0.3 is 5.97 Å². The monoisotopic (exact) mass is 275 g/mol. The molecule has 1 aromatic carbocycles. The largest absolute Gasteiger partial charge is 0.459 e. The minimum absolute atomic E-state index is 0.0291. The summed E-state index contributed by atoms with van der Waals surface area (Å²) in [6.07, 6.45) is 3.17. The van der Waals surface area contributed by atoms with E-state index in [-0.39, 0.29) is 12.1 Å². The fourth-order valence-electron chi connectivity index (χ4n) is 3.33. The third-order valence-corrected chi connectivity index (χ3v) is 4.16. The summed E-state index contributed by atoms with van der Waals surface area (Å²) in [5.41, 5.74) is 9.03. The van der Waals surface area contributed by atoms with Gasteiger partial charge in [0, 0.05) is 5.69 Å². The van der Waals surface area contributed by atoms with Gasteiger partial charge in [0.25, 0.3) is 0 Å². The van der Waals surface area contributed by atoms with Gasteiger partial charge in [-0.1, -0.05) is 19.9 Å². The molecule has 0 heterocycles. The molecular weight excluding hydrogens is 250 g/mol. The van der Waals surface area contributed by atoms with Crippen LogP contribution < -0.4 is 5.73 Å². The lowest BCUT2D eigenvalue weighted by Crippen LogP contribution is -2.28. The Balaban J connectivity index is 2.12. The van der Waals surface area contributed by atoms with Crippen LogP contribution in [0.15, 0.2) is 12.1 Å². The Kier molecular flexibility index (Phi) is 4.36. The second-order valence-electron chi connectivity index (χ2n) is 6.49. The lowest BCUT2D eigenvalue weighted by atomic mass is 9.82. The molecule has 3 heteroatoms. The van der Waals surface area contributed by atoms with Crippen molar-refractivity contribution < 1.29 is 9.53 Å². The molecule has 0 aromatic heterocycles. The standard InChI is InChI=1S/C17H25NO2/c1-10-5-11(2)8-14(7-10)20-17(19)15-9-12(3)6-13(4)16(15)18/h6,9-11,14H,5,7-8,18H2,1-4H3. The van der Waals surface area contributed by atoms with E-state index >= 15 is 0 Å². The fourth-order valence-corrected chi connectivity index (χ4v) is 3.33. The number of hydrogen-bond donors (Lipinski definition) is 1. The minimum atomic E-state index is -0.277. The highest BCUT2D eigenvalue weighted by molar-refractivity contribution is 5.96. The van der Waals surface area contributed by atoms with Gasteiger partial charge in [-0.25, -0.2) is 4.79 Å². The van der Waals surface area contributed by atoms with E-state index in [1.807, 2.05) is 26.0 Å². The highest BCUT2D eigenvalue weighted by Gasteiger charge is 2.27. The van der Waals surface area contributed by atoms with Crippen LogP contribution in [-0.4, -0.2) is 12.1 Å². The number of rotatable bonds is 2. The number of ether oxygens (including phenoxy) is 1. The normalized spacial score (nSPS) is 26.3. The molecule has 2 N–H and O–H groups in total. The number of benzene rings is 1. The van der Waals surface area contributed by atoms with Gasteiger partial charge < -0.3 is 10.5 Å². The molecule has 1 aliphatic carbocycles. The minimum Gasteiger partial charge on any atom is -0.459 e. The maximum atomic E-state index is 12.3. The van der Waals surface area contributed by atoms with Crippen molar-refractivity contribution >= 4 is 11.7 Å². The van der Waals surface area contributed by atoms with Crippen LogP contribution in [-0.2, 0) is 4.74 Å². The zero-order valence-corrected chi connectivity index (χ0v) is 12.9. The molecule has 20 heavy (non-hydrogen) atoms. The van der Waals surface area contributed by atoms with Crippen LogP contribution in [0.5, 0.6) is 0 Å². The summed E-state index contributed by atoms with van der Waals surface area (Å²) in [5.74, 6) is 0.960. The summed E-state index contributed by atoms with van der Waals surface area (Å²) < 4.78 is 5.69. The average Bonchev–Trinajstić information content (AvgIpc) is 2.32. The lowest BCUT2D eigenvalue weighted by Gasteiger charge is -2.31. The molecule has 1 fully saturated rings. The zero-order chi connectivity index (χ0) is 14.9. The lowest BCUT2D eigenvalue weighted by molar-refractivity contribution is 0.00815. The van der Waals surface area contributed by atoms with E-state index < -0.39 is 0 Å². The third kappa shape index (κ3) is 3.33. The van der Waals surface area contributed by atoms with Crippen LogP contribution in [0.2, 0.25) is 0 Å². The van der Waals surface area contributed by atoms with E-state index in [2.05, 4.69) is 13.8 Å². The molecule has 3 nitrogen and oxygen atoms in total. The van der Waals surface area contributed by atoms with Gasteiger partial charge in [0.2, 0.25) is 0 Å². The van der Waals surface area contributed by atoms with Crippen molar-refractivity contribution in [2.75, 3.05) is 5.73 Å². The van der Waals surface area contributed by atoms with Gasteiger partial charge in [0.05, 0.1) is 5.56 Å². The molecule has 0 bridgehead atoms. The van der Waals surface area contributed by atoms with Crippen molar-refractivity contribution in [3.8, 4) is 0 Å². The Bertz CT molecular complexity index is 500. The fraction of sp³-hybridized carbons (Fsp3) is 0.588. The highest BCUT2D eigenvalue weighted by Crippen LogP contribution is 2.31. The van der Waals surface area contributed by atoms with Gasteiger partial charge in [-0.15, -0.1) is 0 Å². The number of anilines is 1. The summed E-state index contributed by atoms with van der Waals surface area (Å²) >= 11 is 0. The molecule has 0 aliphatic heterocycles. The van der Waals surface area contributed by atoms with Crippen LogP contribution in [0.25, 0.3) is 0 Å². The molecular formula is C17H25NO2. The van der Waals surface area contributed by atoms with Crippen molar-refractivity contribution in [2.24, 2.45) is 11.8 Å². The number of nitrogen functional groups attached to an aromatic ring is 1. The Morgan fingerprint density at radius 3 is 2.35 bits per heavy atom. The topological polar surface area (TPSA) is 52.3 Å². The first-order chi connectivity index (χ1) is 9.36. The van der Waals surface area contributed by atoms with E-state index in [9.17, 15) is 4.79 Å². The number of aryl methyl sites for hydroxylation is 2. The van der Waals surface area contributed by atoms with Crippen molar-refractivity contribution in [3.63, 3.8) is 0 Å². The summed E-state index contributed by atoms with van der Waals surface area (Å²) in [7, 11) is 0. The number of esters is 1. The summed E-state index contributed by atoms with van der Waals surface area (Å²) in [6, 6.07) is 3.80. The SMILES string of the molecule is Cc1cc(C)c(N)c(C(=O)OC2CC(C)CC(C)C2)c1. The van der Waals surface area contributed by atoms with E-state index in [4.69, 9.17) is 10.5 Å². The van der Waals surface area contributed by atoms with Gasteiger partial charge in [-0.2, -0.15) is 0 Å². The first-order valence-corrected chi connectivity index (χ1v) is 7.44. The van der Waals surface area contributed by atoms with Gasteiger partial charge in [-0.3, -0.25) is 0 Å². The Morgan fingerprint density at radius 2 is 1.75 bits per heavy atom. The molecule has 1 aromatic rings. The second-order valence-corrected chi connectivity index (χ2v) is 6.49. The first kappa shape index (κ1) is 14.9. The van der Waals surface area contributed by atoms with Crippen molar-refractivity contribution in [1.82, 2.24) is 0 Å². The van der Waals surface area contributed by atoms with Crippen molar-refractivity contribution in [2.45, 2.75) is 53.1 Å². The molecule has 2 unspecified atom stereocenters. The zero-order valence-electron chi connectivity index (χ0n) is 12.9. The summed E-state index contributed by atoms with van der Waals surface area (Å²) in [4.78, 5) is 12.3. The third-order valence-electron chi connectivity index (χ3n) is 4.16. The summed E-state index contributed by atoms with van der Waals surface area (Å²) in [6.45, 7) is 8.33. The van der Waals surface area contributed by atoms with Crippen molar-refractivity contribution in [3.05, 3.63) is 28.8 Å². The van der Waals surface area contributed by atoms with Gasteiger partial charge in [-0.05, 0) is 62.1 Å². The van der Waals surface area contributed by atoms with E-state index in [1.54, 1.807) is 0 Å². The quantitative estimate of drug-likeness (QED) is 0.658. The van der Waals surface area contributed by atoms with E-state index in [0.29, 0.717) is 23.1 Å². The molecule has 0 radical (unpaired) electrons. The highest BCUT2D eigenvalue weighted by atomic mass is 16.5. The molecule has 0 saturated heterocycles. The molecule has 2 rings (SSSR count). The molecule has 0 amide bonds. The van der Waals surface area contributed by atoms with E-state index in [1.165, 1.54) is 6.42 Å². The number of carbonyl (C=O) groups excluding carboxylic acids is 1. The number of hydrogen-bond acceptors (Lipinski definition) is 3. The molecule has 1 aliphatic rings. The van der Waals surface area contributed by atoms with Crippen LogP contribution in [0.3, 0.4) is 0 Å². The maximum Gasteiger partial charge on any atom is 0.340 e. The Hall–Kier alpha value is -1.51. The molecule has 110 valence electrons. The van der Waals surface area contributed by atoms with Crippen LogP contribution in [0.4, 0.5) is 5.69 Å². The van der Waals surface area contributed by atoms with E-state index in [0.717, 1.165) is 24.0 Å². The predicted octanol–water partition coefficient (Wildman–Crippen LogP) is 3.87. The van der Waals surface area contributed by atoms with Crippen LogP contribution in [0.1, 0.15) is 54.6 Å². The smallest absolute Gasteiger partial charge is 0.340 e. The second kappa shape index (κ2) is 5.86. The first-order valence-electron chi connectivity index (χ1n) is 7.44. The maximum absolute atomic E-state index is 12.3. The molecule has 0 spiro atoms.